The highest BCUT2D eigenvalue weighted by Crippen LogP contribution is 2.39. The molecule has 0 aromatic heterocycles. The molecule has 0 aromatic rings. The van der Waals surface area contributed by atoms with Gasteiger partial charge >= 0.3 is 12.1 Å². The zero-order valence-corrected chi connectivity index (χ0v) is 17.0. The first-order valence-electron chi connectivity index (χ1n) is 11.0. The molecule has 0 bridgehead atoms. The molecule has 1 aliphatic heterocycles. The summed E-state index contributed by atoms with van der Waals surface area (Å²) < 4.78 is 72.8. The second kappa shape index (κ2) is 14.5. The predicted molar refractivity (Wildman–Crippen MR) is 101 cm³/mol. The van der Waals surface area contributed by atoms with Crippen LogP contribution in [0.2, 0.25) is 0 Å². The van der Waals surface area contributed by atoms with Crippen molar-refractivity contribution in [2.45, 2.75) is 115 Å². The van der Waals surface area contributed by atoms with Gasteiger partial charge in [0.15, 0.2) is 0 Å². The summed E-state index contributed by atoms with van der Waals surface area (Å²) in [4.78, 5) is 0. The van der Waals surface area contributed by atoms with E-state index in [9.17, 15) is 22.0 Å². The molecule has 7 heteroatoms. The Morgan fingerprint density at radius 3 is 1.75 bits per heavy atom. The molecule has 1 atom stereocenters. The number of hydrogen-bond donors (Lipinski definition) is 0. The Hall–Kier alpha value is -0.430. The van der Waals surface area contributed by atoms with Crippen LogP contribution in [-0.4, -0.2) is 38.0 Å². The van der Waals surface area contributed by atoms with Crippen LogP contribution in [0.15, 0.2) is 0 Å². The molecule has 0 amide bonds. The van der Waals surface area contributed by atoms with Crippen LogP contribution in [0.1, 0.15) is 96.3 Å². The van der Waals surface area contributed by atoms with Crippen molar-refractivity contribution in [2.75, 3.05) is 19.8 Å². The first-order chi connectivity index (χ1) is 13.3. The highest BCUT2D eigenvalue weighted by atomic mass is 19.4. The molecule has 1 unspecified atom stereocenters. The Kier molecular flexibility index (Phi) is 13.3. The SMILES string of the molecule is FC(F)(F)C(F)(F)CCCCCCCCCCCCCOCC1CCCCO1. The average Bonchev–Trinajstić information content (AvgIpc) is 2.64. The Balaban J connectivity index is 1.76. The summed E-state index contributed by atoms with van der Waals surface area (Å²) in [5.41, 5.74) is 0. The number of ether oxygens (including phenoxy) is 2. The van der Waals surface area contributed by atoms with Crippen LogP contribution in [0.25, 0.3) is 0 Å². The molecule has 1 rings (SSSR count). The molecule has 0 aromatic carbocycles. The van der Waals surface area contributed by atoms with Crippen LogP contribution in [-0.2, 0) is 9.47 Å². The van der Waals surface area contributed by atoms with Gasteiger partial charge in [-0.2, -0.15) is 22.0 Å². The summed E-state index contributed by atoms with van der Waals surface area (Å²) in [5.74, 6) is -4.54. The van der Waals surface area contributed by atoms with Gasteiger partial charge in [0.25, 0.3) is 0 Å². The van der Waals surface area contributed by atoms with E-state index in [-0.39, 0.29) is 12.5 Å². The summed E-state index contributed by atoms with van der Waals surface area (Å²) in [6.45, 7) is 2.38. The molecule has 0 aliphatic carbocycles. The summed E-state index contributed by atoms with van der Waals surface area (Å²) in [5, 5.41) is 0. The van der Waals surface area contributed by atoms with E-state index >= 15 is 0 Å². The van der Waals surface area contributed by atoms with E-state index in [1.807, 2.05) is 0 Å². The third kappa shape index (κ3) is 12.2. The maximum absolute atomic E-state index is 12.7. The van der Waals surface area contributed by atoms with Crippen LogP contribution in [0.3, 0.4) is 0 Å². The van der Waals surface area contributed by atoms with Gasteiger partial charge in [-0.05, 0) is 32.1 Å². The minimum atomic E-state index is -5.41. The lowest BCUT2D eigenvalue weighted by Crippen LogP contribution is -2.36. The van der Waals surface area contributed by atoms with E-state index in [0.29, 0.717) is 13.0 Å². The van der Waals surface area contributed by atoms with Crippen molar-refractivity contribution >= 4 is 0 Å². The van der Waals surface area contributed by atoms with Crippen LogP contribution in [0, 0.1) is 0 Å². The van der Waals surface area contributed by atoms with Crippen molar-refractivity contribution < 1.29 is 31.4 Å². The van der Waals surface area contributed by atoms with Crippen molar-refractivity contribution in [3.05, 3.63) is 0 Å². The molecule has 168 valence electrons. The lowest BCUT2D eigenvalue weighted by Gasteiger charge is -2.22. The first-order valence-corrected chi connectivity index (χ1v) is 11.0. The highest BCUT2D eigenvalue weighted by Gasteiger charge is 2.56. The number of hydrogen-bond acceptors (Lipinski definition) is 2. The zero-order chi connectivity index (χ0) is 20.7. The number of unbranched alkanes of at least 4 members (excludes halogenated alkanes) is 10. The lowest BCUT2D eigenvalue weighted by molar-refractivity contribution is -0.284. The van der Waals surface area contributed by atoms with Crippen LogP contribution < -0.4 is 0 Å². The topological polar surface area (TPSA) is 18.5 Å². The van der Waals surface area contributed by atoms with E-state index in [1.165, 1.54) is 25.7 Å². The van der Waals surface area contributed by atoms with Crippen molar-refractivity contribution in [2.24, 2.45) is 0 Å². The Morgan fingerprint density at radius 1 is 0.714 bits per heavy atom. The van der Waals surface area contributed by atoms with Crippen LogP contribution in [0.4, 0.5) is 22.0 Å². The van der Waals surface area contributed by atoms with Gasteiger partial charge in [0.2, 0.25) is 0 Å². The minimum Gasteiger partial charge on any atom is -0.379 e. The molecule has 2 nitrogen and oxygen atoms in total. The van der Waals surface area contributed by atoms with Crippen LogP contribution >= 0.6 is 0 Å². The number of rotatable bonds is 16. The Morgan fingerprint density at radius 2 is 1.25 bits per heavy atom. The zero-order valence-electron chi connectivity index (χ0n) is 17.0. The normalized spacial score (nSPS) is 18.5. The number of halogens is 5. The summed E-state index contributed by atoms with van der Waals surface area (Å²) in [6.07, 6.45) is 7.22. The quantitative estimate of drug-likeness (QED) is 0.192. The van der Waals surface area contributed by atoms with Gasteiger partial charge in [-0.25, -0.2) is 0 Å². The third-order valence-electron chi connectivity index (χ3n) is 5.27. The van der Waals surface area contributed by atoms with Crippen molar-refractivity contribution in [1.82, 2.24) is 0 Å². The second-order valence-corrected chi connectivity index (χ2v) is 7.90. The maximum atomic E-state index is 12.7. The predicted octanol–water partition coefficient (Wildman–Crippen LogP) is 7.45. The van der Waals surface area contributed by atoms with E-state index in [4.69, 9.17) is 9.47 Å². The molecule has 0 spiro atoms. The first kappa shape index (κ1) is 25.6. The third-order valence-corrected chi connectivity index (χ3v) is 5.27. The second-order valence-electron chi connectivity index (χ2n) is 7.90. The largest absolute Gasteiger partial charge is 0.453 e. The Bertz CT molecular complexity index is 368. The molecule has 0 saturated carbocycles. The molecule has 1 aliphatic rings. The molecule has 28 heavy (non-hydrogen) atoms. The molecule has 0 N–H and O–H groups in total. The lowest BCUT2D eigenvalue weighted by atomic mass is 10.0. The standard InChI is InChI=1S/C21H37F5O2/c22-20(23,21(24,25)26)15-11-8-6-4-2-1-3-5-7-9-12-16-27-18-19-14-10-13-17-28-19/h19H,1-18H2. The van der Waals surface area contributed by atoms with E-state index in [1.54, 1.807) is 0 Å². The van der Waals surface area contributed by atoms with Crippen LogP contribution in [0.5, 0.6) is 0 Å². The monoisotopic (exact) mass is 416 g/mol. The highest BCUT2D eigenvalue weighted by molar-refractivity contribution is 4.75. The van der Waals surface area contributed by atoms with E-state index in [2.05, 4.69) is 0 Å². The molecular formula is C21H37F5O2. The van der Waals surface area contributed by atoms with Crippen molar-refractivity contribution in [3.8, 4) is 0 Å². The van der Waals surface area contributed by atoms with Gasteiger partial charge in [0, 0.05) is 19.6 Å². The van der Waals surface area contributed by atoms with Crippen molar-refractivity contribution in [3.63, 3.8) is 0 Å². The summed E-state index contributed by atoms with van der Waals surface area (Å²) >= 11 is 0. The van der Waals surface area contributed by atoms with Gasteiger partial charge < -0.3 is 9.47 Å². The Labute approximate surface area is 166 Å². The molecule has 1 heterocycles. The van der Waals surface area contributed by atoms with Gasteiger partial charge in [-0.15, -0.1) is 0 Å². The molecule has 1 fully saturated rings. The van der Waals surface area contributed by atoms with Gasteiger partial charge in [-0.3, -0.25) is 0 Å². The number of alkyl halides is 5. The van der Waals surface area contributed by atoms with Crippen molar-refractivity contribution in [1.29, 1.82) is 0 Å². The molecule has 1 saturated heterocycles. The average molecular weight is 417 g/mol. The molecular weight excluding hydrogens is 379 g/mol. The maximum Gasteiger partial charge on any atom is 0.453 e. The van der Waals surface area contributed by atoms with Gasteiger partial charge in [-0.1, -0.05) is 57.8 Å². The fourth-order valence-corrected chi connectivity index (χ4v) is 3.44. The summed E-state index contributed by atoms with van der Waals surface area (Å²) in [7, 11) is 0. The van der Waals surface area contributed by atoms with E-state index < -0.39 is 18.5 Å². The minimum absolute atomic E-state index is 0.0680. The van der Waals surface area contributed by atoms with Gasteiger partial charge in [0.1, 0.15) is 0 Å². The van der Waals surface area contributed by atoms with E-state index in [0.717, 1.165) is 64.6 Å². The summed E-state index contributed by atoms with van der Waals surface area (Å²) in [6, 6.07) is 0. The smallest absolute Gasteiger partial charge is 0.379 e. The van der Waals surface area contributed by atoms with Gasteiger partial charge in [0.05, 0.1) is 12.7 Å². The molecule has 0 radical (unpaired) electrons. The fourth-order valence-electron chi connectivity index (χ4n) is 3.44. The fraction of sp³-hybridized carbons (Fsp3) is 1.00.